The maximum Gasteiger partial charge on any atom is 0.242 e. The average Bonchev–Trinajstić information content (AvgIpc) is 2.70. The van der Waals surface area contributed by atoms with Crippen molar-refractivity contribution in [3.8, 4) is 0 Å². The van der Waals surface area contributed by atoms with E-state index in [-0.39, 0.29) is 5.91 Å². The first-order valence-corrected chi connectivity index (χ1v) is 8.02. The molecule has 0 saturated carbocycles. The third kappa shape index (κ3) is 2.59. The summed E-state index contributed by atoms with van der Waals surface area (Å²) in [5.74, 6) is -0.110. The van der Waals surface area contributed by atoms with Crippen LogP contribution in [0.1, 0.15) is 22.9 Å². The number of hydrogen-bond donors (Lipinski definition) is 1. The van der Waals surface area contributed by atoms with E-state index in [0.29, 0.717) is 0 Å². The van der Waals surface area contributed by atoms with E-state index in [4.69, 9.17) is 0 Å². The predicted molar refractivity (Wildman–Crippen MR) is 95.1 cm³/mol. The molecule has 25 heavy (non-hydrogen) atoms. The number of nitrogens with one attached hydrogen (secondary N) is 1. The van der Waals surface area contributed by atoms with E-state index >= 15 is 0 Å². The van der Waals surface area contributed by atoms with Crippen LogP contribution in [0.15, 0.2) is 84.4 Å². The second-order valence-electron chi connectivity index (χ2n) is 5.84. The first-order chi connectivity index (χ1) is 12.3. The molecule has 122 valence electrons. The molecule has 1 aliphatic heterocycles. The molecule has 5 nitrogen and oxygen atoms in total. The molecule has 0 bridgehead atoms. The summed E-state index contributed by atoms with van der Waals surface area (Å²) in [6.07, 6.45) is 8.11. The number of aliphatic imine (C=N–C) groups is 1. The van der Waals surface area contributed by atoms with Crippen LogP contribution in [0.3, 0.4) is 0 Å². The minimum atomic E-state index is -0.965. The molecule has 1 aliphatic rings. The molecule has 2 aromatic heterocycles. The van der Waals surface area contributed by atoms with Crippen LogP contribution in [0.4, 0.5) is 0 Å². The smallest absolute Gasteiger partial charge is 0.242 e. The van der Waals surface area contributed by atoms with Crippen LogP contribution in [0.2, 0.25) is 0 Å². The highest BCUT2D eigenvalue weighted by atomic mass is 16.2. The SMILES string of the molecule is O=C1NC(c2ccncc2)N=CC1(c1ccccc1)c1ccncc1. The second-order valence-corrected chi connectivity index (χ2v) is 5.84. The molecule has 1 N–H and O–H groups in total. The third-order valence-corrected chi connectivity index (χ3v) is 4.43. The Labute approximate surface area is 145 Å². The maximum absolute atomic E-state index is 13.3. The van der Waals surface area contributed by atoms with Gasteiger partial charge in [0.1, 0.15) is 11.6 Å². The lowest BCUT2D eigenvalue weighted by Crippen LogP contribution is -2.50. The van der Waals surface area contributed by atoms with Crippen LogP contribution in [-0.4, -0.2) is 22.1 Å². The summed E-state index contributed by atoms with van der Waals surface area (Å²) in [6.45, 7) is 0. The number of pyridine rings is 2. The molecule has 1 amide bonds. The van der Waals surface area contributed by atoms with Crippen molar-refractivity contribution in [2.24, 2.45) is 4.99 Å². The molecule has 1 aromatic carbocycles. The van der Waals surface area contributed by atoms with Gasteiger partial charge in [0.2, 0.25) is 5.91 Å². The Hall–Kier alpha value is -3.34. The van der Waals surface area contributed by atoms with E-state index in [9.17, 15) is 4.79 Å². The molecule has 0 fully saturated rings. The number of benzene rings is 1. The molecular weight excluding hydrogens is 312 g/mol. The predicted octanol–water partition coefficient (Wildman–Crippen LogP) is 2.66. The van der Waals surface area contributed by atoms with Crippen LogP contribution in [-0.2, 0) is 10.2 Å². The molecule has 5 heteroatoms. The zero-order valence-corrected chi connectivity index (χ0v) is 13.4. The molecule has 2 atom stereocenters. The van der Waals surface area contributed by atoms with Crippen molar-refractivity contribution in [3.63, 3.8) is 0 Å². The van der Waals surface area contributed by atoms with Gasteiger partial charge in [-0.15, -0.1) is 0 Å². The number of hydrogen-bond acceptors (Lipinski definition) is 4. The Morgan fingerprint density at radius 1 is 0.800 bits per heavy atom. The van der Waals surface area contributed by atoms with E-state index in [1.165, 1.54) is 0 Å². The summed E-state index contributed by atoms with van der Waals surface area (Å²) in [6, 6.07) is 17.1. The molecule has 0 aliphatic carbocycles. The maximum atomic E-state index is 13.3. The lowest BCUT2D eigenvalue weighted by atomic mass is 9.74. The van der Waals surface area contributed by atoms with Gasteiger partial charge in [-0.1, -0.05) is 30.3 Å². The van der Waals surface area contributed by atoms with Crippen LogP contribution in [0, 0.1) is 0 Å². The van der Waals surface area contributed by atoms with E-state index in [0.717, 1.165) is 16.7 Å². The fourth-order valence-corrected chi connectivity index (χ4v) is 3.13. The summed E-state index contributed by atoms with van der Waals surface area (Å²) in [5.41, 5.74) is 1.64. The topological polar surface area (TPSA) is 67.2 Å². The van der Waals surface area contributed by atoms with Gasteiger partial charge in [-0.05, 0) is 41.0 Å². The Bertz CT molecular complexity index is 855. The normalized spacial score (nSPS) is 22.4. The number of nitrogens with zero attached hydrogens (tertiary/aromatic N) is 3. The molecular formula is C20H16N4O. The largest absolute Gasteiger partial charge is 0.329 e. The fraction of sp³-hybridized carbons (Fsp3) is 0.100. The summed E-state index contributed by atoms with van der Waals surface area (Å²) >= 11 is 0. The lowest BCUT2D eigenvalue weighted by Gasteiger charge is -2.35. The van der Waals surface area contributed by atoms with Crippen molar-refractivity contribution >= 4 is 12.1 Å². The van der Waals surface area contributed by atoms with Gasteiger partial charge in [-0.3, -0.25) is 19.8 Å². The summed E-state index contributed by atoms with van der Waals surface area (Å²) in [4.78, 5) is 26.0. The number of rotatable bonds is 3. The Balaban J connectivity index is 1.84. The van der Waals surface area contributed by atoms with Gasteiger partial charge >= 0.3 is 0 Å². The van der Waals surface area contributed by atoms with Gasteiger partial charge in [0.05, 0.1) is 0 Å². The first kappa shape index (κ1) is 15.2. The molecule has 0 spiro atoms. The number of aromatic nitrogens is 2. The van der Waals surface area contributed by atoms with Crippen LogP contribution in [0.5, 0.6) is 0 Å². The molecule has 3 heterocycles. The number of carbonyl (C=O) groups is 1. The number of amides is 1. The van der Waals surface area contributed by atoms with E-state index < -0.39 is 11.6 Å². The summed E-state index contributed by atoms with van der Waals surface area (Å²) in [7, 11) is 0. The van der Waals surface area contributed by atoms with E-state index in [1.807, 2.05) is 54.6 Å². The van der Waals surface area contributed by atoms with Gasteiger partial charge in [-0.25, -0.2) is 0 Å². The van der Waals surface area contributed by atoms with Crippen molar-refractivity contribution in [2.75, 3.05) is 0 Å². The van der Waals surface area contributed by atoms with Crippen LogP contribution in [0.25, 0.3) is 0 Å². The van der Waals surface area contributed by atoms with Crippen molar-refractivity contribution < 1.29 is 4.79 Å². The minimum absolute atomic E-state index is 0.110. The van der Waals surface area contributed by atoms with Crippen LogP contribution >= 0.6 is 0 Å². The van der Waals surface area contributed by atoms with Crippen molar-refractivity contribution in [3.05, 3.63) is 96.1 Å². The van der Waals surface area contributed by atoms with Gasteiger partial charge in [0.15, 0.2) is 0 Å². The molecule has 4 rings (SSSR count). The molecule has 0 radical (unpaired) electrons. The third-order valence-electron chi connectivity index (χ3n) is 4.43. The van der Waals surface area contributed by atoms with Crippen molar-refractivity contribution in [2.45, 2.75) is 11.6 Å². The highest BCUT2D eigenvalue weighted by molar-refractivity contribution is 6.09. The van der Waals surface area contributed by atoms with Gasteiger partial charge in [0, 0.05) is 31.0 Å². The minimum Gasteiger partial charge on any atom is -0.329 e. The zero-order valence-electron chi connectivity index (χ0n) is 13.4. The Kier molecular flexibility index (Phi) is 3.82. The van der Waals surface area contributed by atoms with Crippen molar-refractivity contribution in [1.29, 1.82) is 0 Å². The highest BCUT2D eigenvalue weighted by Gasteiger charge is 2.44. The van der Waals surface area contributed by atoms with E-state index in [1.54, 1.807) is 31.0 Å². The second kappa shape index (κ2) is 6.28. The Morgan fingerprint density at radius 2 is 1.40 bits per heavy atom. The van der Waals surface area contributed by atoms with E-state index in [2.05, 4.69) is 20.3 Å². The lowest BCUT2D eigenvalue weighted by molar-refractivity contribution is -0.124. The standard InChI is InChI=1S/C20H16N4O/c25-19-20(16-4-2-1-3-5-16,17-8-12-22-13-9-17)14-23-18(24-19)15-6-10-21-11-7-15/h1-14,18H,(H,24,25). The molecule has 0 saturated heterocycles. The van der Waals surface area contributed by atoms with Gasteiger partial charge in [-0.2, -0.15) is 0 Å². The van der Waals surface area contributed by atoms with Crippen molar-refractivity contribution in [1.82, 2.24) is 15.3 Å². The highest BCUT2D eigenvalue weighted by Crippen LogP contribution is 2.35. The quantitative estimate of drug-likeness (QED) is 0.804. The average molecular weight is 328 g/mol. The molecule has 2 unspecified atom stereocenters. The fourth-order valence-electron chi connectivity index (χ4n) is 3.13. The number of carbonyl (C=O) groups excluding carboxylic acids is 1. The van der Waals surface area contributed by atoms with Crippen LogP contribution < -0.4 is 5.32 Å². The Morgan fingerprint density at radius 3 is 2.04 bits per heavy atom. The first-order valence-electron chi connectivity index (χ1n) is 8.02. The summed E-state index contributed by atoms with van der Waals surface area (Å²) < 4.78 is 0. The van der Waals surface area contributed by atoms with Gasteiger partial charge < -0.3 is 5.32 Å². The van der Waals surface area contributed by atoms with Gasteiger partial charge in [0.25, 0.3) is 0 Å². The monoisotopic (exact) mass is 328 g/mol. The zero-order chi connectivity index (χ0) is 17.1. The molecule has 3 aromatic rings. The summed E-state index contributed by atoms with van der Waals surface area (Å²) in [5, 5.41) is 3.04.